The first-order chi connectivity index (χ1) is 11.3. The van der Waals surface area contributed by atoms with Crippen molar-refractivity contribution in [3.63, 3.8) is 0 Å². The van der Waals surface area contributed by atoms with Gasteiger partial charge in [-0.15, -0.1) is 10.2 Å². The molecule has 0 aromatic carbocycles. The van der Waals surface area contributed by atoms with E-state index in [-0.39, 0.29) is 11.9 Å². The van der Waals surface area contributed by atoms with Crippen LogP contribution in [0.25, 0.3) is 0 Å². The normalized spacial score (nSPS) is 21.4. The molecule has 2 aliphatic rings. The highest BCUT2D eigenvalue weighted by Crippen LogP contribution is 2.34. The zero-order chi connectivity index (χ0) is 15.6. The molecule has 0 spiro atoms. The number of aromatic nitrogens is 5. The van der Waals surface area contributed by atoms with Crippen LogP contribution < -0.4 is 0 Å². The average Bonchev–Trinajstić information content (AvgIpc) is 3.30. The Kier molecular flexibility index (Phi) is 3.77. The lowest BCUT2D eigenvalue weighted by Crippen LogP contribution is -2.40. The monoisotopic (exact) mass is 312 g/mol. The van der Waals surface area contributed by atoms with Crippen LogP contribution in [0.15, 0.2) is 24.9 Å². The first-order valence-electron chi connectivity index (χ1n) is 8.27. The predicted molar refractivity (Wildman–Crippen MR) is 82.4 cm³/mol. The fourth-order valence-corrected chi connectivity index (χ4v) is 3.24. The number of carbonyl (C=O) groups is 1. The third-order valence-electron chi connectivity index (χ3n) is 4.64. The summed E-state index contributed by atoms with van der Waals surface area (Å²) in [5.41, 5.74) is 0.396. The molecule has 1 atom stereocenters. The van der Waals surface area contributed by atoms with Crippen LogP contribution in [0.1, 0.15) is 54.5 Å². The molecule has 2 fully saturated rings. The van der Waals surface area contributed by atoms with Crippen LogP contribution in [-0.4, -0.2) is 42.1 Å². The molecule has 23 heavy (non-hydrogen) atoms. The van der Waals surface area contributed by atoms with Crippen molar-refractivity contribution in [2.75, 3.05) is 6.54 Å². The van der Waals surface area contributed by atoms with Gasteiger partial charge >= 0.3 is 0 Å². The van der Waals surface area contributed by atoms with Gasteiger partial charge in [-0.1, -0.05) is 0 Å². The average molecular weight is 312 g/mol. The first kappa shape index (κ1) is 14.3. The molecule has 3 heterocycles. The van der Waals surface area contributed by atoms with Crippen LogP contribution in [0.3, 0.4) is 0 Å². The summed E-state index contributed by atoms with van der Waals surface area (Å²) in [5.74, 6) is 1.59. The number of amides is 1. The van der Waals surface area contributed by atoms with Crippen molar-refractivity contribution in [2.24, 2.45) is 5.92 Å². The lowest BCUT2D eigenvalue weighted by Gasteiger charge is -2.34. The number of carbonyl (C=O) groups excluding carboxylic acids is 1. The number of rotatable bonds is 4. The summed E-state index contributed by atoms with van der Waals surface area (Å²) in [6.45, 7) is 1.70. The summed E-state index contributed by atoms with van der Waals surface area (Å²) < 4.78 is 2.13. The Labute approximate surface area is 134 Å². The highest BCUT2D eigenvalue weighted by Gasteiger charge is 2.33. The predicted octanol–water partition coefficient (Wildman–Crippen LogP) is 1.85. The van der Waals surface area contributed by atoms with Gasteiger partial charge in [0.05, 0.1) is 12.2 Å². The van der Waals surface area contributed by atoms with Crippen molar-refractivity contribution in [1.29, 1.82) is 0 Å². The fourth-order valence-electron chi connectivity index (χ4n) is 3.24. The standard InChI is InChI=1S/C16H20N6O/c23-16(13-9-17-6-7-18-13)22-8-2-1-3-14(22)15-20-19-11-21(15)10-12-4-5-12/h6-7,9,11-12,14H,1-5,8,10H2. The number of likely N-dealkylation sites (tertiary alicyclic amines) is 1. The van der Waals surface area contributed by atoms with Crippen molar-refractivity contribution < 1.29 is 4.79 Å². The molecule has 1 saturated carbocycles. The quantitative estimate of drug-likeness (QED) is 0.861. The second kappa shape index (κ2) is 6.06. The lowest BCUT2D eigenvalue weighted by molar-refractivity contribution is 0.0587. The molecular weight excluding hydrogens is 292 g/mol. The van der Waals surface area contributed by atoms with E-state index >= 15 is 0 Å². The van der Waals surface area contributed by atoms with Crippen molar-refractivity contribution in [1.82, 2.24) is 29.6 Å². The van der Waals surface area contributed by atoms with Gasteiger partial charge in [0.15, 0.2) is 5.82 Å². The summed E-state index contributed by atoms with van der Waals surface area (Å²) in [6.07, 6.45) is 12.1. The van der Waals surface area contributed by atoms with E-state index in [1.165, 1.54) is 19.0 Å². The zero-order valence-corrected chi connectivity index (χ0v) is 13.0. The Morgan fingerprint density at radius 2 is 2.13 bits per heavy atom. The van der Waals surface area contributed by atoms with E-state index in [2.05, 4.69) is 24.7 Å². The van der Waals surface area contributed by atoms with Crippen LogP contribution in [0, 0.1) is 5.92 Å². The second-order valence-corrected chi connectivity index (χ2v) is 6.39. The van der Waals surface area contributed by atoms with Gasteiger partial charge in [0.1, 0.15) is 12.0 Å². The van der Waals surface area contributed by atoms with E-state index < -0.39 is 0 Å². The smallest absolute Gasteiger partial charge is 0.274 e. The minimum atomic E-state index is -0.0660. The Balaban J connectivity index is 1.60. The Hall–Kier alpha value is -2.31. The van der Waals surface area contributed by atoms with Crippen LogP contribution in [0.5, 0.6) is 0 Å². The molecule has 1 amide bonds. The molecule has 0 radical (unpaired) electrons. The number of hydrogen-bond acceptors (Lipinski definition) is 5. The van der Waals surface area contributed by atoms with Gasteiger partial charge in [-0.25, -0.2) is 4.98 Å². The molecule has 2 aromatic rings. The molecule has 1 aliphatic heterocycles. The highest BCUT2D eigenvalue weighted by molar-refractivity contribution is 5.92. The molecule has 1 saturated heterocycles. The summed E-state index contributed by atoms with van der Waals surface area (Å²) in [7, 11) is 0. The molecule has 120 valence electrons. The summed E-state index contributed by atoms with van der Waals surface area (Å²) in [5, 5.41) is 8.42. The number of hydrogen-bond donors (Lipinski definition) is 0. The number of piperidine rings is 1. The third kappa shape index (κ3) is 2.95. The minimum Gasteiger partial charge on any atom is -0.327 e. The molecule has 0 N–H and O–H groups in total. The van der Waals surface area contributed by atoms with E-state index in [1.54, 1.807) is 18.7 Å². The highest BCUT2D eigenvalue weighted by atomic mass is 16.2. The Bertz CT molecular complexity index is 681. The van der Waals surface area contributed by atoms with E-state index in [0.29, 0.717) is 5.69 Å². The molecule has 2 aromatic heterocycles. The lowest BCUT2D eigenvalue weighted by atomic mass is 10.0. The second-order valence-electron chi connectivity index (χ2n) is 6.39. The summed E-state index contributed by atoms with van der Waals surface area (Å²) in [4.78, 5) is 22.9. The van der Waals surface area contributed by atoms with Gasteiger partial charge in [-0.3, -0.25) is 9.78 Å². The van der Waals surface area contributed by atoms with E-state index in [4.69, 9.17) is 0 Å². The van der Waals surface area contributed by atoms with Gasteiger partial charge in [0.25, 0.3) is 5.91 Å². The van der Waals surface area contributed by atoms with E-state index in [9.17, 15) is 4.79 Å². The van der Waals surface area contributed by atoms with Crippen LogP contribution in [-0.2, 0) is 6.54 Å². The minimum absolute atomic E-state index is 0.0143. The van der Waals surface area contributed by atoms with Crippen molar-refractivity contribution in [3.05, 3.63) is 36.4 Å². The van der Waals surface area contributed by atoms with Gasteiger partial charge in [0.2, 0.25) is 0 Å². The zero-order valence-electron chi connectivity index (χ0n) is 13.0. The van der Waals surface area contributed by atoms with Crippen molar-refractivity contribution in [2.45, 2.75) is 44.7 Å². The molecule has 7 heteroatoms. The van der Waals surface area contributed by atoms with E-state index in [0.717, 1.165) is 44.1 Å². The fraction of sp³-hybridized carbons (Fsp3) is 0.562. The van der Waals surface area contributed by atoms with Crippen LogP contribution >= 0.6 is 0 Å². The topological polar surface area (TPSA) is 76.8 Å². The van der Waals surface area contributed by atoms with Gasteiger partial charge < -0.3 is 9.47 Å². The largest absolute Gasteiger partial charge is 0.327 e. The molecule has 7 nitrogen and oxygen atoms in total. The molecule has 1 unspecified atom stereocenters. The summed E-state index contributed by atoms with van der Waals surface area (Å²) >= 11 is 0. The van der Waals surface area contributed by atoms with Crippen LogP contribution in [0.4, 0.5) is 0 Å². The SMILES string of the molecule is O=C(c1cnccn1)N1CCCCC1c1nncn1CC1CC1. The maximum atomic E-state index is 12.8. The molecular formula is C16H20N6O. The van der Waals surface area contributed by atoms with Crippen molar-refractivity contribution >= 4 is 5.91 Å². The van der Waals surface area contributed by atoms with Crippen LogP contribution in [0.2, 0.25) is 0 Å². The first-order valence-corrected chi connectivity index (χ1v) is 8.27. The maximum absolute atomic E-state index is 12.8. The van der Waals surface area contributed by atoms with Gasteiger partial charge in [-0.2, -0.15) is 0 Å². The summed E-state index contributed by atoms with van der Waals surface area (Å²) in [6, 6.07) is -0.0143. The van der Waals surface area contributed by atoms with Crippen molar-refractivity contribution in [3.8, 4) is 0 Å². The number of nitrogens with zero attached hydrogens (tertiary/aromatic N) is 6. The molecule has 1 aliphatic carbocycles. The molecule has 0 bridgehead atoms. The van der Waals surface area contributed by atoms with E-state index in [1.807, 2.05) is 4.90 Å². The molecule has 4 rings (SSSR count). The van der Waals surface area contributed by atoms with Gasteiger partial charge in [-0.05, 0) is 38.0 Å². The third-order valence-corrected chi connectivity index (χ3v) is 4.64. The Morgan fingerprint density at radius 1 is 1.22 bits per heavy atom. The van der Waals surface area contributed by atoms with Gasteiger partial charge in [0, 0.05) is 25.5 Å². The maximum Gasteiger partial charge on any atom is 0.274 e. The Morgan fingerprint density at radius 3 is 2.91 bits per heavy atom.